The molecule has 0 saturated carbocycles. The lowest BCUT2D eigenvalue weighted by Gasteiger charge is -2.10. The number of amides is 1. The third kappa shape index (κ3) is 3.28. The summed E-state index contributed by atoms with van der Waals surface area (Å²) in [5.41, 5.74) is 0. The zero-order chi connectivity index (χ0) is 12.1. The molecule has 1 unspecified atom stereocenters. The Labute approximate surface area is 93.1 Å². The highest BCUT2D eigenvalue weighted by molar-refractivity contribution is 7.07. The highest BCUT2D eigenvalue weighted by Gasteiger charge is 2.24. The smallest absolute Gasteiger partial charge is 0.326 e. The zero-order valence-corrected chi connectivity index (χ0v) is 8.60. The van der Waals surface area contributed by atoms with Gasteiger partial charge in [-0.3, -0.25) is 9.59 Å². The van der Waals surface area contributed by atoms with Gasteiger partial charge in [0.05, 0.1) is 12.6 Å². The second-order valence-corrected chi connectivity index (χ2v) is 3.53. The molecule has 1 rings (SSSR count). The van der Waals surface area contributed by atoms with Gasteiger partial charge in [0.15, 0.2) is 0 Å². The first-order chi connectivity index (χ1) is 7.50. The van der Waals surface area contributed by atoms with Crippen LogP contribution in [0, 0.1) is 0 Å². The fourth-order valence-corrected chi connectivity index (χ4v) is 1.29. The Morgan fingerprint density at radius 3 is 2.56 bits per heavy atom. The van der Waals surface area contributed by atoms with Gasteiger partial charge in [0.1, 0.15) is 10.9 Å². The van der Waals surface area contributed by atoms with Crippen LogP contribution in [0.25, 0.3) is 0 Å². The van der Waals surface area contributed by atoms with E-state index in [1.807, 2.05) is 0 Å². The molecule has 0 saturated heterocycles. The van der Waals surface area contributed by atoms with Crippen LogP contribution in [0.5, 0.6) is 0 Å². The molecule has 0 radical (unpaired) electrons. The SMILES string of the molecule is O=C(O)CC(NC(=O)c1cnns1)C(=O)O. The van der Waals surface area contributed by atoms with Crippen LogP contribution in [-0.2, 0) is 9.59 Å². The molecule has 9 heteroatoms. The van der Waals surface area contributed by atoms with Crippen LogP contribution in [0.2, 0.25) is 0 Å². The van der Waals surface area contributed by atoms with Crippen molar-refractivity contribution in [3.05, 3.63) is 11.1 Å². The minimum atomic E-state index is -1.47. The lowest BCUT2D eigenvalue weighted by atomic mass is 10.2. The number of hydrogen-bond acceptors (Lipinski definition) is 6. The van der Waals surface area contributed by atoms with Crippen LogP contribution in [0.15, 0.2) is 6.20 Å². The standard InChI is InChI=1S/C7H7N3O5S/c11-5(12)1-3(7(14)15)9-6(13)4-2-8-10-16-4/h2-3H,1H2,(H,9,13)(H,11,12)(H,14,15). The first kappa shape index (κ1) is 12.0. The van der Waals surface area contributed by atoms with Crippen LogP contribution in [0.4, 0.5) is 0 Å². The number of aliphatic carboxylic acids is 2. The van der Waals surface area contributed by atoms with E-state index in [9.17, 15) is 14.4 Å². The number of nitrogens with zero attached hydrogens (tertiary/aromatic N) is 2. The maximum Gasteiger partial charge on any atom is 0.326 e. The van der Waals surface area contributed by atoms with Crippen LogP contribution >= 0.6 is 11.5 Å². The Balaban J connectivity index is 2.65. The summed E-state index contributed by atoms with van der Waals surface area (Å²) < 4.78 is 3.42. The zero-order valence-electron chi connectivity index (χ0n) is 7.78. The highest BCUT2D eigenvalue weighted by Crippen LogP contribution is 2.03. The molecule has 16 heavy (non-hydrogen) atoms. The molecule has 0 aliphatic heterocycles. The van der Waals surface area contributed by atoms with E-state index >= 15 is 0 Å². The average Bonchev–Trinajstić information content (AvgIpc) is 2.68. The van der Waals surface area contributed by atoms with Gasteiger partial charge in [-0.25, -0.2) is 4.79 Å². The summed E-state index contributed by atoms with van der Waals surface area (Å²) >= 11 is 0.790. The fraction of sp³-hybridized carbons (Fsp3) is 0.286. The van der Waals surface area contributed by atoms with Crippen molar-refractivity contribution in [3.8, 4) is 0 Å². The van der Waals surface area contributed by atoms with Gasteiger partial charge < -0.3 is 15.5 Å². The van der Waals surface area contributed by atoms with Crippen molar-refractivity contribution in [1.29, 1.82) is 0 Å². The Kier molecular flexibility index (Phi) is 3.89. The van der Waals surface area contributed by atoms with Gasteiger partial charge in [-0.1, -0.05) is 4.49 Å². The van der Waals surface area contributed by atoms with Crippen LogP contribution in [0.1, 0.15) is 16.1 Å². The lowest BCUT2D eigenvalue weighted by Crippen LogP contribution is -2.41. The van der Waals surface area contributed by atoms with E-state index in [-0.39, 0.29) is 4.88 Å². The number of carbonyl (C=O) groups excluding carboxylic acids is 1. The van der Waals surface area contributed by atoms with E-state index in [4.69, 9.17) is 10.2 Å². The van der Waals surface area contributed by atoms with Crippen LogP contribution < -0.4 is 5.32 Å². The highest BCUT2D eigenvalue weighted by atomic mass is 32.1. The van der Waals surface area contributed by atoms with E-state index < -0.39 is 30.3 Å². The van der Waals surface area contributed by atoms with Crippen molar-refractivity contribution in [2.75, 3.05) is 0 Å². The maximum absolute atomic E-state index is 11.4. The van der Waals surface area contributed by atoms with Gasteiger partial charge in [-0.05, 0) is 11.5 Å². The second-order valence-electron chi connectivity index (χ2n) is 2.74. The van der Waals surface area contributed by atoms with Crippen molar-refractivity contribution in [3.63, 3.8) is 0 Å². The monoisotopic (exact) mass is 245 g/mol. The Morgan fingerprint density at radius 2 is 2.12 bits per heavy atom. The van der Waals surface area contributed by atoms with E-state index in [0.717, 1.165) is 11.5 Å². The summed E-state index contributed by atoms with van der Waals surface area (Å²) in [6, 6.07) is -1.47. The van der Waals surface area contributed by atoms with Crippen LogP contribution in [0.3, 0.4) is 0 Å². The molecule has 1 amide bonds. The quantitative estimate of drug-likeness (QED) is 0.618. The lowest BCUT2D eigenvalue weighted by molar-refractivity contribution is -0.145. The third-order valence-corrected chi connectivity index (χ3v) is 2.23. The molecular weight excluding hydrogens is 238 g/mol. The number of nitrogens with one attached hydrogen (secondary N) is 1. The molecule has 0 aliphatic rings. The maximum atomic E-state index is 11.4. The molecule has 8 nitrogen and oxygen atoms in total. The number of hydrogen-bond donors (Lipinski definition) is 3. The Morgan fingerprint density at radius 1 is 1.44 bits per heavy atom. The molecule has 0 aliphatic carbocycles. The second kappa shape index (κ2) is 5.16. The molecule has 0 aromatic carbocycles. The first-order valence-electron chi connectivity index (χ1n) is 4.03. The predicted molar refractivity (Wildman–Crippen MR) is 51.1 cm³/mol. The van der Waals surface area contributed by atoms with Gasteiger partial charge in [-0.2, -0.15) is 0 Å². The van der Waals surface area contributed by atoms with Crippen LogP contribution in [-0.4, -0.2) is 43.7 Å². The molecular formula is C7H7N3O5S. The van der Waals surface area contributed by atoms with Gasteiger partial charge in [-0.15, -0.1) is 5.10 Å². The van der Waals surface area contributed by atoms with Crippen molar-refractivity contribution >= 4 is 29.4 Å². The molecule has 1 heterocycles. The summed E-state index contributed by atoms with van der Waals surface area (Å²) in [5.74, 6) is -3.42. The molecule has 1 atom stereocenters. The number of rotatable bonds is 5. The summed E-state index contributed by atoms with van der Waals surface area (Å²) in [5, 5.41) is 22.6. The first-order valence-corrected chi connectivity index (χ1v) is 4.81. The normalized spacial score (nSPS) is 11.8. The molecule has 1 aromatic rings. The molecule has 0 fully saturated rings. The van der Waals surface area contributed by atoms with Gasteiger partial charge in [0, 0.05) is 0 Å². The van der Waals surface area contributed by atoms with E-state index in [2.05, 4.69) is 14.9 Å². The topological polar surface area (TPSA) is 129 Å². The van der Waals surface area contributed by atoms with Crippen molar-refractivity contribution in [2.24, 2.45) is 0 Å². The van der Waals surface area contributed by atoms with E-state index in [1.54, 1.807) is 0 Å². The molecule has 1 aromatic heterocycles. The van der Waals surface area contributed by atoms with Crippen molar-refractivity contribution < 1.29 is 24.6 Å². The van der Waals surface area contributed by atoms with Crippen molar-refractivity contribution in [2.45, 2.75) is 12.5 Å². The molecule has 0 bridgehead atoms. The van der Waals surface area contributed by atoms with E-state index in [0.29, 0.717) is 0 Å². The summed E-state index contributed by atoms with van der Waals surface area (Å²) in [6.45, 7) is 0. The summed E-state index contributed by atoms with van der Waals surface area (Å²) in [4.78, 5) is 32.5. The third-order valence-electron chi connectivity index (χ3n) is 1.57. The van der Waals surface area contributed by atoms with Gasteiger partial charge in [0.2, 0.25) is 0 Å². The minimum Gasteiger partial charge on any atom is -0.481 e. The Hall–Kier alpha value is -2.03. The number of carbonyl (C=O) groups is 3. The Bertz CT molecular complexity index is 404. The van der Waals surface area contributed by atoms with Crippen molar-refractivity contribution in [1.82, 2.24) is 14.9 Å². The average molecular weight is 245 g/mol. The molecule has 3 N–H and O–H groups in total. The van der Waals surface area contributed by atoms with Gasteiger partial charge >= 0.3 is 11.9 Å². The molecule has 0 spiro atoms. The largest absolute Gasteiger partial charge is 0.481 e. The summed E-state index contributed by atoms with van der Waals surface area (Å²) in [7, 11) is 0. The number of carboxylic acid groups (broad SMARTS) is 2. The summed E-state index contributed by atoms with van der Waals surface area (Å²) in [6.07, 6.45) is 0.479. The predicted octanol–water partition coefficient (Wildman–Crippen LogP) is -0.804. The number of aromatic nitrogens is 2. The van der Waals surface area contributed by atoms with E-state index in [1.165, 1.54) is 6.20 Å². The molecule has 86 valence electrons. The minimum absolute atomic E-state index is 0.122. The fourth-order valence-electron chi connectivity index (χ4n) is 0.871. The van der Waals surface area contributed by atoms with Gasteiger partial charge in [0.25, 0.3) is 5.91 Å². The number of carboxylic acids is 2.